The largest absolute Gasteiger partial charge is 0.403 e. The van der Waals surface area contributed by atoms with Gasteiger partial charge in [0.15, 0.2) is 0 Å². The molecule has 1 unspecified atom stereocenters. The highest BCUT2D eigenvalue weighted by Crippen LogP contribution is 2.24. The number of nitrogens with one attached hydrogen (secondary N) is 1. The summed E-state index contributed by atoms with van der Waals surface area (Å²) in [6, 6.07) is -1.94. The summed E-state index contributed by atoms with van der Waals surface area (Å²) in [4.78, 5) is 0. The lowest BCUT2D eigenvalue weighted by Gasteiger charge is -2.31. The van der Waals surface area contributed by atoms with Crippen LogP contribution in [0.15, 0.2) is 0 Å². The van der Waals surface area contributed by atoms with Crippen molar-refractivity contribution in [3.05, 3.63) is 0 Å². The molecule has 0 radical (unpaired) electrons. The summed E-state index contributed by atoms with van der Waals surface area (Å²) in [5, 5.41) is 11.9. The van der Waals surface area contributed by atoms with Gasteiger partial charge < -0.3 is 10.4 Å². The van der Waals surface area contributed by atoms with Crippen LogP contribution in [0, 0.1) is 0 Å². The summed E-state index contributed by atoms with van der Waals surface area (Å²) in [5.41, 5.74) is 0. The maximum Gasteiger partial charge on any atom is 0.403 e. The zero-order valence-corrected chi connectivity index (χ0v) is 8.14. The Morgan fingerprint density at radius 3 is 2.36 bits per heavy atom. The first-order valence-electron chi connectivity index (χ1n) is 4.92. The van der Waals surface area contributed by atoms with Crippen molar-refractivity contribution in [2.45, 2.75) is 57.0 Å². The zero-order valence-electron chi connectivity index (χ0n) is 8.14. The molecule has 0 heterocycles. The van der Waals surface area contributed by atoms with Crippen LogP contribution in [-0.2, 0) is 0 Å². The Bertz CT molecular complexity index is 183. The van der Waals surface area contributed by atoms with Gasteiger partial charge in [0, 0.05) is 6.04 Å². The molecule has 1 saturated carbocycles. The predicted octanol–water partition coefficient (Wildman–Crippen LogP) is 1.83. The topological polar surface area (TPSA) is 32.3 Å². The van der Waals surface area contributed by atoms with Crippen LogP contribution in [-0.4, -0.2) is 29.5 Å². The molecule has 5 heteroatoms. The number of hydrogen-bond donors (Lipinski definition) is 2. The number of alkyl halides is 3. The van der Waals surface area contributed by atoms with Gasteiger partial charge in [-0.2, -0.15) is 13.2 Å². The molecule has 0 aromatic heterocycles. The molecule has 0 amide bonds. The van der Waals surface area contributed by atoms with Crippen molar-refractivity contribution in [2.24, 2.45) is 0 Å². The lowest BCUT2D eigenvalue weighted by molar-refractivity contribution is -0.155. The fourth-order valence-corrected chi connectivity index (χ4v) is 1.72. The van der Waals surface area contributed by atoms with Gasteiger partial charge in [0.05, 0.1) is 6.10 Å². The molecule has 0 spiro atoms. The Balaban J connectivity index is 2.42. The summed E-state index contributed by atoms with van der Waals surface area (Å²) in [5.74, 6) is 0. The van der Waals surface area contributed by atoms with Crippen LogP contribution in [0.3, 0.4) is 0 Å². The van der Waals surface area contributed by atoms with Crippen LogP contribution in [0.4, 0.5) is 13.2 Å². The van der Waals surface area contributed by atoms with Crippen molar-refractivity contribution in [1.29, 1.82) is 0 Å². The van der Waals surface area contributed by atoms with Gasteiger partial charge >= 0.3 is 6.18 Å². The van der Waals surface area contributed by atoms with E-state index in [2.05, 4.69) is 5.32 Å². The molecule has 1 rings (SSSR count). The fraction of sp³-hybridized carbons (Fsp3) is 1.00. The summed E-state index contributed by atoms with van der Waals surface area (Å²) in [7, 11) is 0. The molecule has 0 saturated heterocycles. The van der Waals surface area contributed by atoms with Gasteiger partial charge in [-0.1, -0.05) is 12.8 Å². The van der Waals surface area contributed by atoms with Crippen LogP contribution >= 0.6 is 0 Å². The van der Waals surface area contributed by atoms with Crippen molar-refractivity contribution in [1.82, 2.24) is 5.32 Å². The monoisotopic (exact) mass is 211 g/mol. The quantitative estimate of drug-likeness (QED) is 0.730. The molecule has 0 aliphatic heterocycles. The average Bonchev–Trinajstić information content (AvgIpc) is 2.07. The SMILES string of the molecule is CC(N[C@H]1CCCC[C@H]1O)C(F)(F)F. The average molecular weight is 211 g/mol. The molecule has 84 valence electrons. The third-order valence-electron chi connectivity index (χ3n) is 2.68. The number of aliphatic hydroxyl groups is 1. The highest BCUT2D eigenvalue weighted by Gasteiger charge is 2.38. The minimum Gasteiger partial charge on any atom is -0.392 e. The second kappa shape index (κ2) is 4.49. The first kappa shape index (κ1) is 11.8. The van der Waals surface area contributed by atoms with E-state index in [1.807, 2.05) is 0 Å². The maximum absolute atomic E-state index is 12.2. The Kier molecular flexibility index (Phi) is 3.78. The van der Waals surface area contributed by atoms with E-state index in [4.69, 9.17) is 0 Å². The van der Waals surface area contributed by atoms with Gasteiger partial charge in [-0.25, -0.2) is 0 Å². The lowest BCUT2D eigenvalue weighted by atomic mass is 9.92. The van der Waals surface area contributed by atoms with Crippen molar-refractivity contribution in [3.63, 3.8) is 0 Å². The van der Waals surface area contributed by atoms with E-state index in [-0.39, 0.29) is 0 Å². The summed E-state index contributed by atoms with van der Waals surface area (Å²) < 4.78 is 36.6. The second-order valence-electron chi connectivity index (χ2n) is 3.89. The van der Waals surface area contributed by atoms with Gasteiger partial charge in [-0.05, 0) is 19.8 Å². The van der Waals surface area contributed by atoms with Gasteiger partial charge in [0.2, 0.25) is 0 Å². The Morgan fingerprint density at radius 2 is 1.86 bits per heavy atom. The van der Waals surface area contributed by atoms with Gasteiger partial charge in [0.1, 0.15) is 6.04 Å². The molecule has 1 fully saturated rings. The first-order valence-corrected chi connectivity index (χ1v) is 4.92. The summed E-state index contributed by atoms with van der Waals surface area (Å²) >= 11 is 0. The van der Waals surface area contributed by atoms with E-state index in [0.717, 1.165) is 19.8 Å². The molecule has 2 nitrogen and oxygen atoms in total. The molecule has 0 aromatic carbocycles. The summed E-state index contributed by atoms with van der Waals surface area (Å²) in [6.45, 7) is 1.08. The molecule has 2 N–H and O–H groups in total. The van der Waals surface area contributed by atoms with Gasteiger partial charge in [-0.15, -0.1) is 0 Å². The Labute approximate surface area is 81.5 Å². The highest BCUT2D eigenvalue weighted by atomic mass is 19.4. The van der Waals surface area contributed by atoms with E-state index in [9.17, 15) is 18.3 Å². The standard InChI is InChI=1S/C9H16F3NO/c1-6(9(10,11)12)13-7-4-2-3-5-8(7)14/h6-8,13-14H,2-5H2,1H3/t6?,7-,8+/m0/s1. The van der Waals surface area contributed by atoms with Crippen LogP contribution in [0.1, 0.15) is 32.6 Å². The highest BCUT2D eigenvalue weighted by molar-refractivity contribution is 4.84. The summed E-state index contributed by atoms with van der Waals surface area (Å²) in [6.07, 6.45) is -1.84. The van der Waals surface area contributed by atoms with E-state index in [1.54, 1.807) is 0 Å². The molecule has 0 aromatic rings. The van der Waals surface area contributed by atoms with Gasteiger partial charge in [0.25, 0.3) is 0 Å². The van der Waals surface area contributed by atoms with Crippen LogP contribution in [0.2, 0.25) is 0 Å². The van der Waals surface area contributed by atoms with Crippen LogP contribution in [0.5, 0.6) is 0 Å². The third kappa shape index (κ3) is 3.13. The molecule has 1 aliphatic carbocycles. The zero-order chi connectivity index (χ0) is 10.8. The maximum atomic E-state index is 12.2. The second-order valence-corrected chi connectivity index (χ2v) is 3.89. The fourth-order valence-electron chi connectivity index (χ4n) is 1.72. The minimum absolute atomic E-state index is 0.402. The lowest BCUT2D eigenvalue weighted by Crippen LogP contribution is -2.51. The normalized spacial score (nSPS) is 31.5. The molecular formula is C9H16F3NO. The number of halogens is 3. The molecule has 3 atom stereocenters. The van der Waals surface area contributed by atoms with E-state index in [0.29, 0.717) is 12.8 Å². The van der Waals surface area contributed by atoms with Crippen molar-refractivity contribution < 1.29 is 18.3 Å². The van der Waals surface area contributed by atoms with E-state index >= 15 is 0 Å². The van der Waals surface area contributed by atoms with Gasteiger partial charge in [-0.3, -0.25) is 0 Å². The van der Waals surface area contributed by atoms with E-state index in [1.165, 1.54) is 0 Å². The van der Waals surface area contributed by atoms with Crippen LogP contribution < -0.4 is 5.32 Å². The van der Waals surface area contributed by atoms with Crippen LogP contribution in [0.25, 0.3) is 0 Å². The molecular weight excluding hydrogens is 195 g/mol. The minimum atomic E-state index is -4.23. The Morgan fingerprint density at radius 1 is 1.29 bits per heavy atom. The van der Waals surface area contributed by atoms with Crippen molar-refractivity contribution >= 4 is 0 Å². The smallest absolute Gasteiger partial charge is 0.392 e. The number of rotatable bonds is 2. The molecule has 0 bridgehead atoms. The van der Waals surface area contributed by atoms with Crippen molar-refractivity contribution in [3.8, 4) is 0 Å². The predicted molar refractivity (Wildman–Crippen MR) is 46.9 cm³/mol. The number of hydrogen-bond acceptors (Lipinski definition) is 2. The third-order valence-corrected chi connectivity index (χ3v) is 2.68. The van der Waals surface area contributed by atoms with Crippen molar-refractivity contribution in [2.75, 3.05) is 0 Å². The molecule has 14 heavy (non-hydrogen) atoms. The first-order chi connectivity index (χ1) is 6.41. The van der Waals surface area contributed by atoms with E-state index < -0.39 is 24.4 Å². The Hall–Kier alpha value is -0.290. The number of aliphatic hydroxyl groups excluding tert-OH is 1. The molecule has 1 aliphatic rings.